The molecule has 0 bridgehead atoms. The van der Waals surface area contributed by atoms with Crippen molar-refractivity contribution in [3.8, 4) is 0 Å². The minimum Gasteiger partial charge on any atom is -0.347 e. The van der Waals surface area contributed by atoms with Crippen LogP contribution in [-0.2, 0) is 19.5 Å². The predicted molar refractivity (Wildman–Crippen MR) is 100 cm³/mol. The third-order valence-electron chi connectivity index (χ3n) is 6.16. The zero-order valence-corrected chi connectivity index (χ0v) is 16.0. The summed E-state index contributed by atoms with van der Waals surface area (Å²) in [6.45, 7) is 6.31. The lowest BCUT2D eigenvalue weighted by atomic mass is 9.89. The molecule has 6 nitrogen and oxygen atoms in total. The van der Waals surface area contributed by atoms with E-state index in [-0.39, 0.29) is 5.91 Å². The van der Waals surface area contributed by atoms with E-state index >= 15 is 0 Å². The van der Waals surface area contributed by atoms with Crippen LogP contribution in [0.15, 0.2) is 12.1 Å². The molecule has 1 amide bonds. The molecule has 2 aliphatic heterocycles. The Labute approximate surface area is 157 Å². The number of carbonyl (C=O) groups excluding carboxylic acids is 1. The quantitative estimate of drug-likeness (QED) is 0.895. The highest BCUT2D eigenvalue weighted by molar-refractivity contribution is 7.11. The summed E-state index contributed by atoms with van der Waals surface area (Å²) in [6.07, 6.45) is 4.34. The van der Waals surface area contributed by atoms with Gasteiger partial charge in [-0.25, -0.2) is 0 Å². The first-order chi connectivity index (χ1) is 12.7. The fourth-order valence-corrected chi connectivity index (χ4v) is 5.44. The molecule has 0 radical (unpaired) electrons. The van der Waals surface area contributed by atoms with Crippen LogP contribution < -0.4 is 5.32 Å². The largest absolute Gasteiger partial charge is 0.347 e. The number of amides is 1. The summed E-state index contributed by atoms with van der Waals surface area (Å²) in [5.74, 6) is 2.68. The van der Waals surface area contributed by atoms with Crippen LogP contribution in [0.25, 0.3) is 0 Å². The average Bonchev–Trinajstić information content (AvgIpc) is 3.26. The van der Waals surface area contributed by atoms with Crippen molar-refractivity contribution < 1.29 is 4.79 Å². The number of aryl methyl sites for hydroxylation is 1. The number of nitrogens with zero attached hydrogens (tertiary/aromatic N) is 4. The first-order valence-corrected chi connectivity index (χ1v) is 10.5. The van der Waals surface area contributed by atoms with Crippen molar-refractivity contribution in [1.82, 2.24) is 25.0 Å². The van der Waals surface area contributed by atoms with E-state index in [1.165, 1.54) is 16.2 Å². The number of nitrogens with one attached hydrogen (secondary N) is 1. The minimum atomic E-state index is -0.0455. The predicted octanol–water partition coefficient (Wildman–Crippen LogP) is 2.23. The van der Waals surface area contributed by atoms with Crippen LogP contribution in [0.5, 0.6) is 0 Å². The molecule has 2 atom stereocenters. The van der Waals surface area contributed by atoms with E-state index in [1.807, 2.05) is 11.3 Å². The number of rotatable bonds is 4. The number of likely N-dealkylation sites (tertiary alicyclic amines) is 1. The zero-order valence-electron chi connectivity index (χ0n) is 15.1. The number of aromatic nitrogens is 3. The highest BCUT2D eigenvalue weighted by atomic mass is 32.1. The zero-order chi connectivity index (χ0) is 17.7. The van der Waals surface area contributed by atoms with Gasteiger partial charge in [-0.1, -0.05) is 0 Å². The smallest absolute Gasteiger partial charge is 0.289 e. The Hall–Kier alpha value is -1.73. The lowest BCUT2D eigenvalue weighted by Gasteiger charge is -2.28. The maximum atomic E-state index is 12.5. The molecule has 5 rings (SSSR count). The van der Waals surface area contributed by atoms with Crippen molar-refractivity contribution >= 4 is 17.2 Å². The second-order valence-corrected chi connectivity index (χ2v) is 9.45. The summed E-state index contributed by atoms with van der Waals surface area (Å²) in [4.78, 5) is 17.9. The Morgan fingerprint density at radius 3 is 2.81 bits per heavy atom. The van der Waals surface area contributed by atoms with E-state index in [4.69, 9.17) is 0 Å². The van der Waals surface area contributed by atoms with Gasteiger partial charge < -0.3 is 9.88 Å². The highest BCUT2D eigenvalue weighted by Crippen LogP contribution is 2.34. The van der Waals surface area contributed by atoms with Crippen molar-refractivity contribution in [2.45, 2.75) is 51.7 Å². The van der Waals surface area contributed by atoms with Crippen LogP contribution in [-0.4, -0.2) is 44.7 Å². The molecule has 1 saturated heterocycles. The molecule has 0 spiro atoms. The lowest BCUT2D eigenvalue weighted by Crippen LogP contribution is -2.41. The van der Waals surface area contributed by atoms with E-state index in [2.05, 4.69) is 44.0 Å². The molecule has 3 aliphatic rings. The molecular formula is C19H25N5OS. The van der Waals surface area contributed by atoms with E-state index in [0.717, 1.165) is 51.3 Å². The molecule has 4 heterocycles. The van der Waals surface area contributed by atoms with Gasteiger partial charge in [-0.2, -0.15) is 0 Å². The summed E-state index contributed by atoms with van der Waals surface area (Å²) in [6, 6.07) is 4.79. The SMILES string of the molecule is Cc1ccc(CN2C[C@@H]3Cc4nnc(C(=O)NC5CCC5)n4C[C@@H]3C2)s1. The monoisotopic (exact) mass is 371 g/mol. The fourth-order valence-electron chi connectivity index (χ4n) is 4.51. The highest BCUT2D eigenvalue weighted by Gasteiger charge is 2.39. The number of fused-ring (bicyclic) bond motifs is 2. The van der Waals surface area contributed by atoms with E-state index < -0.39 is 0 Å². The molecule has 0 unspecified atom stereocenters. The van der Waals surface area contributed by atoms with Gasteiger partial charge in [0.15, 0.2) is 0 Å². The Morgan fingerprint density at radius 2 is 2.08 bits per heavy atom. The number of thiophene rings is 1. The Kier molecular flexibility index (Phi) is 4.09. The first-order valence-electron chi connectivity index (χ1n) is 9.66. The second-order valence-electron chi connectivity index (χ2n) is 8.08. The van der Waals surface area contributed by atoms with Gasteiger partial charge in [-0.05, 0) is 50.2 Å². The summed E-state index contributed by atoms with van der Waals surface area (Å²) < 4.78 is 2.08. The van der Waals surface area contributed by atoms with Crippen LogP contribution in [0.1, 0.15) is 45.5 Å². The van der Waals surface area contributed by atoms with Crippen molar-refractivity contribution in [3.05, 3.63) is 33.5 Å². The maximum Gasteiger partial charge on any atom is 0.289 e. The van der Waals surface area contributed by atoms with Crippen LogP contribution in [0, 0.1) is 18.8 Å². The normalized spacial score (nSPS) is 25.6. The van der Waals surface area contributed by atoms with Gasteiger partial charge in [0, 0.05) is 48.4 Å². The fraction of sp³-hybridized carbons (Fsp3) is 0.632. The first kappa shape index (κ1) is 16.4. The van der Waals surface area contributed by atoms with Gasteiger partial charge in [-0.15, -0.1) is 21.5 Å². The van der Waals surface area contributed by atoms with Crippen molar-refractivity contribution in [2.24, 2.45) is 11.8 Å². The molecule has 2 aromatic heterocycles. The maximum absolute atomic E-state index is 12.5. The van der Waals surface area contributed by atoms with Gasteiger partial charge >= 0.3 is 0 Å². The van der Waals surface area contributed by atoms with Gasteiger partial charge in [-0.3, -0.25) is 9.69 Å². The molecule has 26 heavy (non-hydrogen) atoms. The molecule has 2 fully saturated rings. The molecule has 138 valence electrons. The summed E-state index contributed by atoms with van der Waals surface area (Å²) in [7, 11) is 0. The third kappa shape index (κ3) is 2.97. The van der Waals surface area contributed by atoms with Gasteiger partial charge in [0.1, 0.15) is 5.82 Å². The summed E-state index contributed by atoms with van der Waals surface area (Å²) in [5, 5.41) is 11.7. The van der Waals surface area contributed by atoms with Crippen LogP contribution in [0.2, 0.25) is 0 Å². The number of carbonyl (C=O) groups is 1. The van der Waals surface area contributed by atoms with Crippen molar-refractivity contribution in [3.63, 3.8) is 0 Å². The molecule has 1 saturated carbocycles. The summed E-state index contributed by atoms with van der Waals surface area (Å²) >= 11 is 1.89. The van der Waals surface area contributed by atoms with Crippen molar-refractivity contribution in [2.75, 3.05) is 13.1 Å². The van der Waals surface area contributed by atoms with E-state index in [0.29, 0.717) is 23.7 Å². The summed E-state index contributed by atoms with van der Waals surface area (Å²) in [5.41, 5.74) is 0. The van der Waals surface area contributed by atoms with Gasteiger partial charge in [0.25, 0.3) is 5.91 Å². The molecule has 1 N–H and O–H groups in total. The Morgan fingerprint density at radius 1 is 1.23 bits per heavy atom. The molecule has 7 heteroatoms. The van der Waals surface area contributed by atoms with Crippen LogP contribution in [0.4, 0.5) is 0 Å². The topological polar surface area (TPSA) is 63.1 Å². The van der Waals surface area contributed by atoms with Gasteiger partial charge in [0.05, 0.1) is 0 Å². The third-order valence-corrected chi connectivity index (χ3v) is 7.15. The van der Waals surface area contributed by atoms with E-state index in [9.17, 15) is 4.79 Å². The molecule has 1 aliphatic carbocycles. The van der Waals surface area contributed by atoms with Crippen LogP contribution in [0.3, 0.4) is 0 Å². The Bertz CT molecular complexity index is 824. The molecule has 2 aromatic rings. The number of hydrogen-bond donors (Lipinski definition) is 1. The van der Waals surface area contributed by atoms with Gasteiger partial charge in [0.2, 0.25) is 5.82 Å². The van der Waals surface area contributed by atoms with Crippen molar-refractivity contribution in [1.29, 1.82) is 0 Å². The minimum absolute atomic E-state index is 0.0455. The van der Waals surface area contributed by atoms with E-state index in [1.54, 1.807) is 0 Å². The average molecular weight is 372 g/mol. The molecule has 0 aromatic carbocycles. The number of hydrogen-bond acceptors (Lipinski definition) is 5. The standard InChI is InChI=1S/C19H25N5OS/c1-12-5-6-16(26-12)11-23-8-13-7-17-21-22-18(24(17)10-14(13)9-23)19(25)20-15-3-2-4-15/h5-6,13-15H,2-4,7-11H2,1H3,(H,20,25)/t13-,14-/m0/s1. The Balaban J connectivity index is 1.27. The molecular weight excluding hydrogens is 346 g/mol. The van der Waals surface area contributed by atoms with Crippen LogP contribution >= 0.6 is 11.3 Å². The second kappa shape index (κ2) is 6.46. The lowest BCUT2D eigenvalue weighted by molar-refractivity contribution is 0.0898.